The van der Waals surface area contributed by atoms with E-state index >= 15 is 0 Å². The zero-order valence-electron chi connectivity index (χ0n) is 10.9. The van der Waals surface area contributed by atoms with Crippen LogP contribution in [-0.2, 0) is 6.54 Å². The first-order valence-corrected chi connectivity index (χ1v) is 6.78. The van der Waals surface area contributed by atoms with Crippen LogP contribution >= 0.6 is 0 Å². The summed E-state index contributed by atoms with van der Waals surface area (Å²) in [4.78, 5) is 0. The molecule has 1 fully saturated rings. The molecule has 0 unspecified atom stereocenters. The fourth-order valence-corrected chi connectivity index (χ4v) is 2.37. The molecular weight excluding hydrogens is 256 g/mol. The van der Waals surface area contributed by atoms with Crippen molar-refractivity contribution >= 4 is 0 Å². The minimum atomic E-state index is 0.559. The average molecular weight is 270 g/mol. The Hall–Kier alpha value is -2.37. The molecule has 0 atom stereocenters. The van der Waals surface area contributed by atoms with Gasteiger partial charge >= 0.3 is 0 Å². The molecule has 1 aliphatic carbocycles. The van der Waals surface area contributed by atoms with Crippen molar-refractivity contribution in [3.63, 3.8) is 0 Å². The molecule has 3 aromatic heterocycles. The quantitative estimate of drug-likeness (QED) is 0.729. The third kappa shape index (κ3) is 2.03. The largest absolute Gasteiger partial charge is 0.461 e. The average Bonchev–Trinajstić information content (AvgIpc) is 3.07. The third-order valence-corrected chi connectivity index (χ3v) is 3.73. The van der Waals surface area contributed by atoms with Gasteiger partial charge in [0.2, 0.25) is 5.76 Å². The van der Waals surface area contributed by atoms with Crippen LogP contribution in [0, 0.1) is 0 Å². The van der Waals surface area contributed by atoms with Gasteiger partial charge in [-0.15, -0.1) is 5.10 Å². The number of aromatic nitrogens is 4. The number of nitrogens with zero attached hydrogens (tertiary/aromatic N) is 4. The molecule has 4 rings (SSSR count). The van der Waals surface area contributed by atoms with Crippen LogP contribution in [0.15, 0.2) is 39.6 Å². The molecule has 0 saturated heterocycles. The zero-order valence-corrected chi connectivity index (χ0v) is 10.9. The molecular formula is C14H14N4O2. The van der Waals surface area contributed by atoms with Crippen LogP contribution in [0.25, 0.3) is 11.5 Å². The second-order valence-corrected chi connectivity index (χ2v) is 5.13. The molecule has 0 radical (unpaired) electrons. The van der Waals surface area contributed by atoms with Crippen molar-refractivity contribution in [2.24, 2.45) is 0 Å². The Morgan fingerprint density at radius 1 is 1.30 bits per heavy atom. The van der Waals surface area contributed by atoms with E-state index in [1.54, 1.807) is 10.9 Å². The zero-order chi connectivity index (χ0) is 13.4. The van der Waals surface area contributed by atoms with Gasteiger partial charge in [-0.25, -0.2) is 4.68 Å². The highest BCUT2D eigenvalue weighted by molar-refractivity contribution is 5.49. The fourth-order valence-electron chi connectivity index (χ4n) is 2.37. The van der Waals surface area contributed by atoms with Crippen molar-refractivity contribution in [3.05, 3.63) is 42.0 Å². The first kappa shape index (κ1) is 11.5. The molecule has 0 amide bonds. The van der Waals surface area contributed by atoms with Gasteiger partial charge in [-0.3, -0.25) is 0 Å². The Morgan fingerprint density at radius 2 is 2.25 bits per heavy atom. The van der Waals surface area contributed by atoms with Crippen LogP contribution in [0.5, 0.6) is 0 Å². The van der Waals surface area contributed by atoms with Gasteiger partial charge in [0, 0.05) is 18.2 Å². The van der Waals surface area contributed by atoms with E-state index in [1.165, 1.54) is 19.3 Å². The Morgan fingerprint density at radius 3 is 3.00 bits per heavy atom. The maximum atomic E-state index is 5.27. The predicted octanol–water partition coefficient (Wildman–Crippen LogP) is 2.84. The van der Waals surface area contributed by atoms with Gasteiger partial charge in [-0.1, -0.05) is 16.8 Å². The highest BCUT2D eigenvalue weighted by Gasteiger charge is 2.22. The molecule has 3 aromatic rings. The lowest BCUT2D eigenvalue weighted by Gasteiger charge is -2.22. The van der Waals surface area contributed by atoms with Crippen LogP contribution in [0.4, 0.5) is 0 Å². The molecule has 0 aromatic carbocycles. The molecule has 20 heavy (non-hydrogen) atoms. The SMILES string of the molecule is c1coc(-c2cc(Cn3cc(C4CCC4)nn3)no2)c1. The number of hydrogen-bond acceptors (Lipinski definition) is 5. The van der Waals surface area contributed by atoms with Crippen molar-refractivity contribution in [2.75, 3.05) is 0 Å². The first-order valence-electron chi connectivity index (χ1n) is 6.78. The van der Waals surface area contributed by atoms with Crippen LogP contribution < -0.4 is 0 Å². The summed E-state index contributed by atoms with van der Waals surface area (Å²) in [5.74, 6) is 1.90. The van der Waals surface area contributed by atoms with Gasteiger partial charge in [0.1, 0.15) is 5.69 Å². The highest BCUT2D eigenvalue weighted by Crippen LogP contribution is 2.34. The number of hydrogen-bond donors (Lipinski definition) is 0. The van der Waals surface area contributed by atoms with Crippen molar-refractivity contribution in [2.45, 2.75) is 31.7 Å². The first-order chi connectivity index (χ1) is 9.88. The van der Waals surface area contributed by atoms with E-state index < -0.39 is 0 Å². The van der Waals surface area contributed by atoms with E-state index in [0.717, 1.165) is 11.4 Å². The van der Waals surface area contributed by atoms with Crippen molar-refractivity contribution in [3.8, 4) is 11.5 Å². The minimum Gasteiger partial charge on any atom is -0.461 e. The maximum Gasteiger partial charge on any atom is 0.202 e. The number of rotatable bonds is 4. The molecule has 0 aliphatic heterocycles. The molecule has 1 saturated carbocycles. The molecule has 0 N–H and O–H groups in total. The van der Waals surface area contributed by atoms with E-state index in [9.17, 15) is 0 Å². The Balaban J connectivity index is 1.50. The Labute approximate surface area is 115 Å². The molecule has 6 heteroatoms. The van der Waals surface area contributed by atoms with Gasteiger partial charge in [-0.2, -0.15) is 0 Å². The number of furan rings is 1. The molecule has 102 valence electrons. The van der Waals surface area contributed by atoms with Crippen molar-refractivity contribution in [1.29, 1.82) is 0 Å². The highest BCUT2D eigenvalue weighted by atomic mass is 16.5. The van der Waals surface area contributed by atoms with E-state index in [2.05, 4.69) is 15.5 Å². The fraction of sp³-hybridized carbons (Fsp3) is 0.357. The molecule has 6 nitrogen and oxygen atoms in total. The topological polar surface area (TPSA) is 69.9 Å². The lowest BCUT2D eigenvalue weighted by Crippen LogP contribution is -2.08. The molecule has 1 aliphatic rings. The van der Waals surface area contributed by atoms with Gasteiger partial charge in [0.05, 0.1) is 18.5 Å². The summed E-state index contributed by atoms with van der Waals surface area (Å²) in [6.45, 7) is 0.559. The van der Waals surface area contributed by atoms with Gasteiger partial charge in [0.25, 0.3) is 0 Å². The second-order valence-electron chi connectivity index (χ2n) is 5.13. The molecule has 0 spiro atoms. The lowest BCUT2D eigenvalue weighted by molar-refractivity contribution is 0.407. The summed E-state index contributed by atoms with van der Waals surface area (Å²) in [5.41, 5.74) is 1.90. The maximum absolute atomic E-state index is 5.27. The second kappa shape index (κ2) is 4.63. The summed E-state index contributed by atoms with van der Waals surface area (Å²) < 4.78 is 12.3. The minimum absolute atomic E-state index is 0.559. The summed E-state index contributed by atoms with van der Waals surface area (Å²) in [7, 11) is 0. The Bertz CT molecular complexity index is 694. The summed E-state index contributed by atoms with van der Waals surface area (Å²) in [6, 6.07) is 5.53. The summed E-state index contributed by atoms with van der Waals surface area (Å²) in [5, 5.41) is 12.4. The third-order valence-electron chi connectivity index (χ3n) is 3.73. The van der Waals surface area contributed by atoms with E-state index in [-0.39, 0.29) is 0 Å². The molecule has 0 bridgehead atoms. The van der Waals surface area contributed by atoms with Crippen LogP contribution in [0.3, 0.4) is 0 Å². The summed E-state index contributed by atoms with van der Waals surface area (Å²) in [6.07, 6.45) is 7.37. The Kier molecular flexibility index (Phi) is 2.65. The van der Waals surface area contributed by atoms with Gasteiger partial charge < -0.3 is 8.94 Å². The van der Waals surface area contributed by atoms with E-state index in [0.29, 0.717) is 24.0 Å². The predicted molar refractivity (Wildman–Crippen MR) is 69.9 cm³/mol. The van der Waals surface area contributed by atoms with Crippen molar-refractivity contribution < 1.29 is 8.94 Å². The van der Waals surface area contributed by atoms with Gasteiger partial charge in [0.15, 0.2) is 5.76 Å². The van der Waals surface area contributed by atoms with Crippen LogP contribution in [0.2, 0.25) is 0 Å². The normalized spacial score (nSPS) is 15.4. The van der Waals surface area contributed by atoms with Crippen molar-refractivity contribution in [1.82, 2.24) is 20.2 Å². The monoisotopic (exact) mass is 270 g/mol. The smallest absolute Gasteiger partial charge is 0.202 e. The molecule has 3 heterocycles. The van der Waals surface area contributed by atoms with Gasteiger partial charge in [-0.05, 0) is 25.0 Å². The van der Waals surface area contributed by atoms with Crippen LogP contribution in [0.1, 0.15) is 36.6 Å². The lowest BCUT2D eigenvalue weighted by atomic mass is 9.83. The summed E-state index contributed by atoms with van der Waals surface area (Å²) >= 11 is 0. The van der Waals surface area contributed by atoms with E-state index in [1.807, 2.05) is 24.4 Å². The van der Waals surface area contributed by atoms with Crippen LogP contribution in [-0.4, -0.2) is 20.2 Å². The van der Waals surface area contributed by atoms with E-state index in [4.69, 9.17) is 8.94 Å². The standard InChI is InChI=1S/C14H14N4O2/c1-3-10(4-1)12-9-18(17-15-12)8-11-7-14(20-16-11)13-5-2-6-19-13/h2,5-7,9-10H,1,3-4,8H2.